The molecule has 0 saturated carbocycles. The highest BCUT2D eigenvalue weighted by molar-refractivity contribution is 5.69. The summed E-state index contributed by atoms with van der Waals surface area (Å²) in [6, 6.07) is 8.29. The number of benzene rings is 1. The summed E-state index contributed by atoms with van der Waals surface area (Å²) in [5.41, 5.74) is 2.60. The average Bonchev–Trinajstić information content (AvgIpc) is 2.30. The van der Waals surface area contributed by atoms with E-state index in [4.69, 9.17) is 0 Å². The van der Waals surface area contributed by atoms with E-state index in [-0.39, 0.29) is 5.97 Å². The maximum absolute atomic E-state index is 10.8. The van der Waals surface area contributed by atoms with E-state index >= 15 is 0 Å². The number of carbonyl (C=O) groups excluding carboxylic acids is 1. The Balaban J connectivity index is 2.17. The van der Waals surface area contributed by atoms with Crippen molar-refractivity contribution in [2.24, 2.45) is 0 Å². The number of hydrogen-bond acceptors (Lipinski definition) is 3. The van der Waals surface area contributed by atoms with Gasteiger partial charge in [-0.15, -0.1) is 0 Å². The van der Waals surface area contributed by atoms with Crippen molar-refractivity contribution in [2.75, 3.05) is 13.7 Å². The van der Waals surface area contributed by atoms with Gasteiger partial charge < -0.3 is 10.1 Å². The summed E-state index contributed by atoms with van der Waals surface area (Å²) >= 11 is 0. The van der Waals surface area contributed by atoms with Crippen molar-refractivity contribution in [2.45, 2.75) is 26.3 Å². The first-order chi connectivity index (χ1) is 7.74. The highest BCUT2D eigenvalue weighted by atomic mass is 16.5. The summed E-state index contributed by atoms with van der Waals surface area (Å²) in [6.45, 7) is 3.79. The molecule has 16 heavy (non-hydrogen) atoms. The fourth-order valence-corrected chi connectivity index (χ4v) is 1.49. The van der Waals surface area contributed by atoms with Gasteiger partial charge in [-0.05, 0) is 31.0 Å². The van der Waals surface area contributed by atoms with Crippen molar-refractivity contribution in [1.82, 2.24) is 5.32 Å². The molecule has 0 fully saturated rings. The van der Waals surface area contributed by atoms with Crippen LogP contribution in [0.2, 0.25) is 0 Å². The number of carbonyl (C=O) groups is 1. The molecule has 0 atom stereocenters. The normalized spacial score (nSPS) is 10.1. The molecule has 0 radical (unpaired) electrons. The predicted molar refractivity (Wildman–Crippen MR) is 64.1 cm³/mol. The van der Waals surface area contributed by atoms with Gasteiger partial charge in [0.25, 0.3) is 0 Å². The van der Waals surface area contributed by atoms with Crippen LogP contribution in [0.3, 0.4) is 0 Å². The molecule has 1 rings (SSSR count). The molecule has 0 aliphatic rings. The quantitative estimate of drug-likeness (QED) is 0.590. The van der Waals surface area contributed by atoms with Crippen LogP contribution in [-0.2, 0) is 16.1 Å². The third kappa shape index (κ3) is 4.45. The summed E-state index contributed by atoms with van der Waals surface area (Å²) < 4.78 is 4.57. The summed E-state index contributed by atoms with van der Waals surface area (Å²) in [5.74, 6) is -0.141. The van der Waals surface area contributed by atoms with Gasteiger partial charge in [0.2, 0.25) is 0 Å². The first kappa shape index (κ1) is 12.7. The largest absolute Gasteiger partial charge is 0.469 e. The zero-order valence-corrected chi connectivity index (χ0v) is 9.95. The third-order valence-electron chi connectivity index (χ3n) is 2.54. The van der Waals surface area contributed by atoms with Gasteiger partial charge in [-0.2, -0.15) is 0 Å². The van der Waals surface area contributed by atoms with Gasteiger partial charge in [-0.25, -0.2) is 0 Å². The van der Waals surface area contributed by atoms with Crippen molar-refractivity contribution in [3.8, 4) is 0 Å². The molecular weight excluding hydrogens is 202 g/mol. The Kier molecular flexibility index (Phi) is 5.57. The summed E-state index contributed by atoms with van der Waals surface area (Å²) in [4.78, 5) is 10.8. The number of aryl methyl sites for hydroxylation is 1. The van der Waals surface area contributed by atoms with E-state index in [1.165, 1.54) is 18.2 Å². The number of hydrogen-bond donors (Lipinski definition) is 1. The minimum Gasteiger partial charge on any atom is -0.469 e. The molecule has 1 N–H and O–H groups in total. The van der Waals surface area contributed by atoms with Gasteiger partial charge in [0.15, 0.2) is 0 Å². The van der Waals surface area contributed by atoms with E-state index in [9.17, 15) is 4.79 Å². The van der Waals surface area contributed by atoms with Crippen molar-refractivity contribution in [1.29, 1.82) is 0 Å². The minimum absolute atomic E-state index is 0.141. The van der Waals surface area contributed by atoms with Gasteiger partial charge in [0.05, 0.1) is 7.11 Å². The first-order valence-corrected chi connectivity index (χ1v) is 5.56. The van der Waals surface area contributed by atoms with Crippen molar-refractivity contribution in [3.05, 3.63) is 35.4 Å². The second kappa shape index (κ2) is 7.01. The van der Waals surface area contributed by atoms with E-state index in [0.717, 1.165) is 19.5 Å². The number of esters is 1. The molecule has 0 bridgehead atoms. The second-order valence-electron chi connectivity index (χ2n) is 3.78. The zero-order valence-electron chi connectivity index (χ0n) is 9.95. The fraction of sp³-hybridized carbons (Fsp3) is 0.462. The smallest absolute Gasteiger partial charge is 0.305 e. The molecular formula is C13H19NO2. The van der Waals surface area contributed by atoms with E-state index < -0.39 is 0 Å². The Hall–Kier alpha value is -1.35. The van der Waals surface area contributed by atoms with E-state index in [1.807, 2.05) is 12.1 Å². The summed E-state index contributed by atoms with van der Waals surface area (Å²) in [7, 11) is 1.42. The lowest BCUT2D eigenvalue weighted by atomic mass is 10.1. The lowest BCUT2D eigenvalue weighted by Crippen LogP contribution is -2.16. The van der Waals surface area contributed by atoms with Crippen LogP contribution >= 0.6 is 0 Å². The molecule has 3 nitrogen and oxygen atoms in total. The topological polar surface area (TPSA) is 38.3 Å². The summed E-state index contributed by atoms with van der Waals surface area (Å²) in [6.07, 6.45) is 1.30. The molecule has 0 unspecified atom stereocenters. The Morgan fingerprint density at radius 1 is 1.38 bits per heavy atom. The zero-order chi connectivity index (χ0) is 11.8. The maximum Gasteiger partial charge on any atom is 0.305 e. The molecule has 1 aromatic carbocycles. The van der Waals surface area contributed by atoms with Crippen LogP contribution in [-0.4, -0.2) is 19.6 Å². The molecule has 88 valence electrons. The monoisotopic (exact) mass is 221 g/mol. The van der Waals surface area contributed by atoms with Crippen LogP contribution in [0.15, 0.2) is 24.3 Å². The van der Waals surface area contributed by atoms with E-state index in [0.29, 0.717) is 6.42 Å². The van der Waals surface area contributed by atoms with Crippen molar-refractivity contribution >= 4 is 5.97 Å². The summed E-state index contributed by atoms with van der Waals surface area (Å²) in [5, 5.41) is 3.31. The molecule has 0 saturated heterocycles. The number of nitrogens with one attached hydrogen (secondary N) is 1. The van der Waals surface area contributed by atoms with Crippen molar-refractivity contribution in [3.63, 3.8) is 0 Å². The Morgan fingerprint density at radius 2 is 2.12 bits per heavy atom. The fourth-order valence-electron chi connectivity index (χ4n) is 1.49. The highest BCUT2D eigenvalue weighted by Gasteiger charge is 1.99. The van der Waals surface area contributed by atoms with Crippen LogP contribution in [0.5, 0.6) is 0 Å². The molecule has 0 aliphatic heterocycles. The van der Waals surface area contributed by atoms with Crippen LogP contribution < -0.4 is 5.32 Å². The first-order valence-electron chi connectivity index (χ1n) is 5.56. The molecule has 3 heteroatoms. The molecule has 0 aromatic heterocycles. The minimum atomic E-state index is -0.141. The molecule has 0 aliphatic carbocycles. The predicted octanol–water partition coefficient (Wildman–Crippen LogP) is 2.04. The van der Waals surface area contributed by atoms with Gasteiger partial charge >= 0.3 is 5.97 Å². The Bertz CT molecular complexity index is 336. The molecule has 0 spiro atoms. The van der Waals surface area contributed by atoms with Gasteiger partial charge in [0, 0.05) is 13.0 Å². The van der Waals surface area contributed by atoms with Gasteiger partial charge in [-0.1, -0.05) is 24.3 Å². The van der Waals surface area contributed by atoms with Gasteiger partial charge in [-0.3, -0.25) is 4.79 Å². The number of rotatable bonds is 6. The standard InChI is InChI=1S/C13H19NO2/c1-11-6-3-4-7-12(11)10-14-9-5-8-13(15)16-2/h3-4,6-7,14H,5,8-10H2,1-2H3. The molecule has 0 heterocycles. The third-order valence-corrected chi connectivity index (χ3v) is 2.54. The van der Waals surface area contributed by atoms with Crippen LogP contribution in [0.1, 0.15) is 24.0 Å². The van der Waals surface area contributed by atoms with E-state index in [1.54, 1.807) is 0 Å². The average molecular weight is 221 g/mol. The second-order valence-corrected chi connectivity index (χ2v) is 3.78. The molecule has 1 aromatic rings. The van der Waals surface area contributed by atoms with Crippen LogP contribution in [0, 0.1) is 6.92 Å². The maximum atomic E-state index is 10.8. The Labute approximate surface area is 96.8 Å². The lowest BCUT2D eigenvalue weighted by Gasteiger charge is -2.07. The van der Waals surface area contributed by atoms with Gasteiger partial charge in [0.1, 0.15) is 0 Å². The Morgan fingerprint density at radius 3 is 2.81 bits per heavy atom. The lowest BCUT2D eigenvalue weighted by molar-refractivity contribution is -0.140. The number of methoxy groups -OCH3 is 1. The van der Waals surface area contributed by atoms with Crippen LogP contribution in [0.4, 0.5) is 0 Å². The highest BCUT2D eigenvalue weighted by Crippen LogP contribution is 2.05. The van der Waals surface area contributed by atoms with Crippen molar-refractivity contribution < 1.29 is 9.53 Å². The van der Waals surface area contributed by atoms with E-state index in [2.05, 4.69) is 29.1 Å². The number of ether oxygens (including phenoxy) is 1. The SMILES string of the molecule is COC(=O)CCCNCc1ccccc1C. The van der Waals surface area contributed by atoms with Crippen LogP contribution in [0.25, 0.3) is 0 Å². The molecule has 0 amide bonds.